The Hall–Kier alpha value is -1.89. The molecule has 7 heteroatoms. The molecule has 1 aliphatic heterocycles. The minimum absolute atomic E-state index is 0.0589. The lowest BCUT2D eigenvalue weighted by molar-refractivity contribution is -0.126. The van der Waals surface area contributed by atoms with Gasteiger partial charge in [-0.15, -0.1) is 11.3 Å². The normalized spacial score (nSPS) is 14.6. The first kappa shape index (κ1) is 13.5. The van der Waals surface area contributed by atoms with E-state index in [-0.39, 0.29) is 30.9 Å². The Morgan fingerprint density at radius 1 is 1.47 bits per heavy atom. The highest BCUT2D eigenvalue weighted by molar-refractivity contribution is 7.09. The second-order valence-corrected chi connectivity index (χ2v) is 5.20. The van der Waals surface area contributed by atoms with Crippen molar-refractivity contribution in [3.8, 4) is 0 Å². The molecule has 1 aliphatic rings. The lowest BCUT2D eigenvalue weighted by Crippen LogP contribution is -2.32. The smallest absolute Gasteiger partial charge is 0.324 e. The van der Waals surface area contributed by atoms with Crippen LogP contribution in [0, 0.1) is 0 Å². The lowest BCUT2D eigenvalue weighted by atomic mass is 10.2. The van der Waals surface area contributed by atoms with Gasteiger partial charge in [-0.2, -0.15) is 0 Å². The molecular formula is C12H15N3O3S. The van der Waals surface area contributed by atoms with Crippen molar-refractivity contribution >= 4 is 29.2 Å². The van der Waals surface area contributed by atoms with Crippen LogP contribution in [0.1, 0.15) is 17.7 Å². The number of imide groups is 1. The summed E-state index contributed by atoms with van der Waals surface area (Å²) in [6, 6.07) is 3.52. The molecule has 1 aromatic heterocycles. The summed E-state index contributed by atoms with van der Waals surface area (Å²) >= 11 is 1.59. The summed E-state index contributed by atoms with van der Waals surface area (Å²) in [4.78, 5) is 36.3. The van der Waals surface area contributed by atoms with Gasteiger partial charge in [-0.3, -0.25) is 14.5 Å². The van der Waals surface area contributed by atoms with E-state index >= 15 is 0 Å². The van der Waals surface area contributed by atoms with Gasteiger partial charge in [0.25, 0.3) is 0 Å². The van der Waals surface area contributed by atoms with E-state index in [2.05, 4.69) is 10.6 Å². The summed E-state index contributed by atoms with van der Waals surface area (Å²) in [5.41, 5.74) is 0. The summed E-state index contributed by atoms with van der Waals surface area (Å²) < 4.78 is 0. The molecule has 0 aromatic carbocycles. The summed E-state index contributed by atoms with van der Waals surface area (Å²) in [6.45, 7) is 0.875. The van der Waals surface area contributed by atoms with Crippen molar-refractivity contribution in [1.82, 2.24) is 15.5 Å². The van der Waals surface area contributed by atoms with Crippen LogP contribution in [0.15, 0.2) is 17.5 Å². The number of rotatable bonds is 6. The van der Waals surface area contributed by atoms with Crippen molar-refractivity contribution in [2.45, 2.75) is 19.4 Å². The first-order valence-corrected chi connectivity index (χ1v) is 6.92. The van der Waals surface area contributed by atoms with E-state index in [4.69, 9.17) is 0 Å². The third-order valence-corrected chi connectivity index (χ3v) is 3.64. The van der Waals surface area contributed by atoms with Crippen LogP contribution in [0.2, 0.25) is 0 Å². The molecule has 2 N–H and O–H groups in total. The van der Waals surface area contributed by atoms with Crippen LogP contribution in [-0.2, 0) is 16.1 Å². The van der Waals surface area contributed by atoms with Crippen molar-refractivity contribution in [3.05, 3.63) is 22.4 Å². The molecule has 0 bridgehead atoms. The van der Waals surface area contributed by atoms with E-state index in [0.29, 0.717) is 19.4 Å². The largest absolute Gasteiger partial charge is 0.351 e. The fourth-order valence-electron chi connectivity index (χ4n) is 1.77. The molecule has 0 spiro atoms. The Bertz CT molecular complexity index is 457. The van der Waals surface area contributed by atoms with Crippen LogP contribution < -0.4 is 10.6 Å². The topological polar surface area (TPSA) is 78.5 Å². The fourth-order valence-corrected chi connectivity index (χ4v) is 2.41. The van der Waals surface area contributed by atoms with Gasteiger partial charge in [0.2, 0.25) is 11.8 Å². The van der Waals surface area contributed by atoms with Gasteiger partial charge in [0.05, 0.1) is 13.1 Å². The predicted molar refractivity (Wildman–Crippen MR) is 70.5 cm³/mol. The minimum atomic E-state index is -0.371. The van der Waals surface area contributed by atoms with Gasteiger partial charge in [0.15, 0.2) is 0 Å². The van der Waals surface area contributed by atoms with E-state index in [1.807, 2.05) is 17.5 Å². The molecule has 0 radical (unpaired) electrons. The molecule has 1 saturated heterocycles. The molecular weight excluding hydrogens is 266 g/mol. The quantitative estimate of drug-likeness (QED) is 0.753. The van der Waals surface area contributed by atoms with Gasteiger partial charge < -0.3 is 10.6 Å². The maximum absolute atomic E-state index is 11.6. The van der Waals surface area contributed by atoms with E-state index in [1.54, 1.807) is 11.3 Å². The van der Waals surface area contributed by atoms with Gasteiger partial charge in [0.1, 0.15) is 0 Å². The number of amides is 4. The fraction of sp³-hybridized carbons (Fsp3) is 0.417. The molecule has 6 nitrogen and oxygen atoms in total. The van der Waals surface area contributed by atoms with E-state index in [9.17, 15) is 14.4 Å². The highest BCUT2D eigenvalue weighted by atomic mass is 32.1. The molecule has 0 saturated carbocycles. The molecule has 19 heavy (non-hydrogen) atoms. The van der Waals surface area contributed by atoms with Crippen LogP contribution >= 0.6 is 11.3 Å². The predicted octanol–water partition coefficient (Wildman–Crippen LogP) is 0.696. The van der Waals surface area contributed by atoms with E-state index in [1.165, 1.54) is 0 Å². The number of hydrogen-bond donors (Lipinski definition) is 2. The number of urea groups is 1. The molecule has 4 amide bonds. The van der Waals surface area contributed by atoms with Crippen molar-refractivity contribution in [2.75, 3.05) is 13.1 Å². The Balaban J connectivity index is 1.64. The monoisotopic (exact) mass is 281 g/mol. The lowest BCUT2D eigenvalue weighted by Gasteiger charge is -2.11. The molecule has 1 fully saturated rings. The van der Waals surface area contributed by atoms with Crippen LogP contribution in [0.25, 0.3) is 0 Å². The van der Waals surface area contributed by atoms with Gasteiger partial charge in [-0.25, -0.2) is 4.79 Å². The second-order valence-electron chi connectivity index (χ2n) is 4.16. The number of hydrogen-bond acceptors (Lipinski definition) is 4. The zero-order valence-electron chi connectivity index (χ0n) is 10.3. The van der Waals surface area contributed by atoms with Crippen molar-refractivity contribution in [3.63, 3.8) is 0 Å². The van der Waals surface area contributed by atoms with Crippen molar-refractivity contribution < 1.29 is 14.4 Å². The van der Waals surface area contributed by atoms with Gasteiger partial charge in [-0.05, 0) is 17.9 Å². The summed E-state index contributed by atoms with van der Waals surface area (Å²) in [5, 5.41) is 7.20. The van der Waals surface area contributed by atoms with Gasteiger partial charge in [0, 0.05) is 17.8 Å². The Morgan fingerprint density at radius 2 is 2.32 bits per heavy atom. The minimum Gasteiger partial charge on any atom is -0.351 e. The third kappa shape index (κ3) is 3.78. The SMILES string of the molecule is O=C(CCCN1C(=O)CNC1=O)NCc1cccs1. The number of nitrogens with zero attached hydrogens (tertiary/aromatic N) is 1. The molecule has 2 heterocycles. The first-order chi connectivity index (χ1) is 9.16. The van der Waals surface area contributed by atoms with Crippen LogP contribution in [0.4, 0.5) is 4.79 Å². The highest BCUT2D eigenvalue weighted by Crippen LogP contribution is 2.07. The number of thiophene rings is 1. The maximum atomic E-state index is 11.6. The average Bonchev–Trinajstić information content (AvgIpc) is 3.00. The Labute approximate surface area is 114 Å². The Morgan fingerprint density at radius 3 is 2.95 bits per heavy atom. The molecule has 1 aromatic rings. The maximum Gasteiger partial charge on any atom is 0.324 e. The summed E-state index contributed by atoms with van der Waals surface area (Å²) in [7, 11) is 0. The van der Waals surface area contributed by atoms with Gasteiger partial charge >= 0.3 is 6.03 Å². The summed E-state index contributed by atoms with van der Waals surface area (Å²) in [5.74, 6) is -0.301. The van der Waals surface area contributed by atoms with Gasteiger partial charge in [-0.1, -0.05) is 6.07 Å². The van der Waals surface area contributed by atoms with Crippen molar-refractivity contribution in [2.24, 2.45) is 0 Å². The Kier molecular flexibility index (Phi) is 4.51. The van der Waals surface area contributed by atoms with Crippen molar-refractivity contribution in [1.29, 1.82) is 0 Å². The molecule has 0 atom stereocenters. The standard InChI is InChI=1S/C12H15N3O3S/c16-10(13-7-9-3-2-6-19-9)4-1-5-15-11(17)8-14-12(15)18/h2-3,6H,1,4-5,7-8H2,(H,13,16)(H,14,18). The van der Waals surface area contributed by atoms with E-state index < -0.39 is 0 Å². The van der Waals surface area contributed by atoms with E-state index in [0.717, 1.165) is 9.78 Å². The van der Waals surface area contributed by atoms with Crippen LogP contribution in [0.3, 0.4) is 0 Å². The zero-order chi connectivity index (χ0) is 13.7. The molecule has 102 valence electrons. The molecule has 2 rings (SSSR count). The number of carbonyl (C=O) groups excluding carboxylic acids is 3. The third-order valence-electron chi connectivity index (χ3n) is 2.76. The van der Waals surface area contributed by atoms with Crippen LogP contribution in [0.5, 0.6) is 0 Å². The van der Waals surface area contributed by atoms with Crippen LogP contribution in [-0.4, -0.2) is 35.8 Å². The molecule has 0 unspecified atom stereocenters. The highest BCUT2D eigenvalue weighted by Gasteiger charge is 2.27. The summed E-state index contributed by atoms with van der Waals surface area (Å²) in [6.07, 6.45) is 0.790. The number of carbonyl (C=O) groups is 3. The first-order valence-electron chi connectivity index (χ1n) is 6.04. The number of nitrogens with one attached hydrogen (secondary N) is 2. The average molecular weight is 281 g/mol. The molecule has 0 aliphatic carbocycles. The zero-order valence-corrected chi connectivity index (χ0v) is 11.2. The second kappa shape index (κ2) is 6.33.